The van der Waals surface area contributed by atoms with Crippen molar-refractivity contribution in [2.45, 2.75) is 32.4 Å². The zero-order valence-electron chi connectivity index (χ0n) is 9.65. The summed E-state index contributed by atoms with van der Waals surface area (Å²) < 4.78 is 0. The first kappa shape index (κ1) is 11.1. The maximum absolute atomic E-state index is 11.2. The molecule has 1 aliphatic heterocycles. The van der Waals surface area contributed by atoms with Gasteiger partial charge >= 0.3 is 0 Å². The number of carbonyl (C=O) groups excluding carboxylic acids is 1. The minimum atomic E-state index is -0.136. The van der Waals surface area contributed by atoms with E-state index in [1.54, 1.807) is 0 Å². The highest BCUT2D eigenvalue weighted by atomic mass is 16.1. The Balaban J connectivity index is 2.26. The van der Waals surface area contributed by atoms with Gasteiger partial charge in [0.25, 0.3) is 0 Å². The number of hydrogen-bond donors (Lipinski definition) is 1. The van der Waals surface area contributed by atoms with Crippen LogP contribution in [0.4, 0.5) is 5.69 Å². The number of anilines is 1. The van der Waals surface area contributed by atoms with Crippen molar-refractivity contribution < 1.29 is 4.79 Å². The van der Waals surface area contributed by atoms with Gasteiger partial charge in [-0.15, -0.1) is 0 Å². The predicted molar refractivity (Wildman–Crippen MR) is 65.0 cm³/mol. The van der Waals surface area contributed by atoms with Crippen molar-refractivity contribution in [1.29, 1.82) is 0 Å². The molecule has 0 aliphatic carbocycles. The summed E-state index contributed by atoms with van der Waals surface area (Å²) in [5.41, 5.74) is 8.91. The Bertz CT molecular complexity index is 390. The lowest BCUT2D eigenvalue weighted by molar-refractivity contribution is -0.112. The van der Waals surface area contributed by atoms with Crippen LogP contribution in [0.3, 0.4) is 0 Å². The van der Waals surface area contributed by atoms with Crippen LogP contribution >= 0.6 is 0 Å². The number of rotatable bonds is 4. The summed E-state index contributed by atoms with van der Waals surface area (Å²) in [6.07, 6.45) is 3.28. The standard InChI is InChI=1S/C13H18N2O/c1-2-3-7-15-8-10-5-4-6-11(14)13(10)12(15)9-16/h4-6,9,12H,2-3,7-8,14H2,1H3. The number of hydrogen-bond acceptors (Lipinski definition) is 3. The molecule has 1 aromatic rings. The molecule has 0 fully saturated rings. The van der Waals surface area contributed by atoms with E-state index in [-0.39, 0.29) is 6.04 Å². The van der Waals surface area contributed by atoms with Gasteiger partial charge in [-0.1, -0.05) is 25.5 Å². The minimum absolute atomic E-state index is 0.136. The van der Waals surface area contributed by atoms with E-state index >= 15 is 0 Å². The Labute approximate surface area is 96.2 Å². The van der Waals surface area contributed by atoms with Gasteiger partial charge in [-0.3, -0.25) is 4.90 Å². The van der Waals surface area contributed by atoms with Crippen LogP contribution < -0.4 is 5.73 Å². The van der Waals surface area contributed by atoms with Crippen molar-refractivity contribution >= 4 is 12.0 Å². The summed E-state index contributed by atoms with van der Waals surface area (Å²) in [5, 5.41) is 0. The molecule has 0 saturated carbocycles. The number of carbonyl (C=O) groups is 1. The second-order valence-electron chi connectivity index (χ2n) is 4.32. The molecular formula is C13H18N2O. The number of fused-ring (bicyclic) bond motifs is 1. The van der Waals surface area contributed by atoms with E-state index in [1.807, 2.05) is 12.1 Å². The number of nitrogens with two attached hydrogens (primary N) is 1. The third-order valence-corrected chi connectivity index (χ3v) is 3.22. The number of aldehydes is 1. The van der Waals surface area contributed by atoms with E-state index in [4.69, 9.17) is 5.73 Å². The molecular weight excluding hydrogens is 200 g/mol. The lowest BCUT2D eigenvalue weighted by atomic mass is 10.0. The Kier molecular flexibility index (Phi) is 3.25. The molecule has 1 aromatic carbocycles. The average Bonchev–Trinajstić information content (AvgIpc) is 2.65. The Morgan fingerprint density at radius 3 is 3.06 bits per heavy atom. The van der Waals surface area contributed by atoms with Crippen LogP contribution in [0.5, 0.6) is 0 Å². The number of nitrogen functional groups attached to an aromatic ring is 1. The molecule has 86 valence electrons. The highest BCUT2D eigenvalue weighted by Gasteiger charge is 2.30. The van der Waals surface area contributed by atoms with E-state index in [0.717, 1.165) is 43.5 Å². The van der Waals surface area contributed by atoms with Crippen LogP contribution in [-0.2, 0) is 11.3 Å². The quantitative estimate of drug-likeness (QED) is 0.622. The number of benzene rings is 1. The fraction of sp³-hybridized carbons (Fsp3) is 0.462. The molecule has 1 unspecified atom stereocenters. The second-order valence-corrected chi connectivity index (χ2v) is 4.32. The molecule has 16 heavy (non-hydrogen) atoms. The molecule has 0 aromatic heterocycles. The Morgan fingerprint density at radius 1 is 1.56 bits per heavy atom. The lowest BCUT2D eigenvalue weighted by Gasteiger charge is -2.20. The summed E-state index contributed by atoms with van der Waals surface area (Å²) in [7, 11) is 0. The molecule has 0 saturated heterocycles. The fourth-order valence-corrected chi connectivity index (χ4v) is 2.36. The zero-order chi connectivity index (χ0) is 11.5. The van der Waals surface area contributed by atoms with Gasteiger partial charge in [-0.05, 0) is 24.6 Å². The summed E-state index contributed by atoms with van der Waals surface area (Å²) in [4.78, 5) is 13.4. The monoisotopic (exact) mass is 218 g/mol. The van der Waals surface area contributed by atoms with Crippen molar-refractivity contribution in [3.63, 3.8) is 0 Å². The molecule has 1 heterocycles. The number of nitrogens with zero attached hydrogens (tertiary/aromatic N) is 1. The highest BCUT2D eigenvalue weighted by Crippen LogP contribution is 2.36. The summed E-state index contributed by atoms with van der Waals surface area (Å²) in [6, 6.07) is 5.76. The van der Waals surface area contributed by atoms with Crippen LogP contribution in [0, 0.1) is 0 Å². The van der Waals surface area contributed by atoms with Gasteiger partial charge in [0.1, 0.15) is 6.29 Å². The summed E-state index contributed by atoms with van der Waals surface area (Å²) >= 11 is 0. The molecule has 3 nitrogen and oxygen atoms in total. The van der Waals surface area contributed by atoms with Crippen LogP contribution in [0.15, 0.2) is 18.2 Å². The molecule has 1 aliphatic rings. The van der Waals surface area contributed by atoms with Gasteiger partial charge in [0.05, 0.1) is 6.04 Å². The highest BCUT2D eigenvalue weighted by molar-refractivity contribution is 5.70. The molecule has 0 radical (unpaired) electrons. The predicted octanol–water partition coefficient (Wildman–Crippen LogP) is 2.12. The Hall–Kier alpha value is -1.35. The van der Waals surface area contributed by atoms with Gasteiger partial charge in [0, 0.05) is 17.8 Å². The third kappa shape index (κ3) is 1.83. The molecule has 0 spiro atoms. The normalized spacial score (nSPS) is 19.7. The molecule has 3 heteroatoms. The van der Waals surface area contributed by atoms with E-state index in [1.165, 1.54) is 5.56 Å². The second kappa shape index (κ2) is 4.66. The first-order valence-electron chi connectivity index (χ1n) is 5.84. The lowest BCUT2D eigenvalue weighted by Crippen LogP contribution is -2.24. The van der Waals surface area contributed by atoms with Crippen LogP contribution in [-0.4, -0.2) is 17.7 Å². The van der Waals surface area contributed by atoms with Gasteiger partial charge in [0.15, 0.2) is 0 Å². The SMILES string of the molecule is CCCCN1Cc2cccc(N)c2C1C=O. The van der Waals surface area contributed by atoms with E-state index in [9.17, 15) is 4.79 Å². The van der Waals surface area contributed by atoms with Crippen molar-refractivity contribution in [2.75, 3.05) is 12.3 Å². The summed E-state index contributed by atoms with van der Waals surface area (Å²) in [6.45, 7) is 3.98. The smallest absolute Gasteiger partial charge is 0.141 e. The van der Waals surface area contributed by atoms with Gasteiger partial charge in [-0.25, -0.2) is 0 Å². The van der Waals surface area contributed by atoms with Crippen LogP contribution in [0.2, 0.25) is 0 Å². The largest absolute Gasteiger partial charge is 0.398 e. The molecule has 0 amide bonds. The van der Waals surface area contributed by atoms with Crippen molar-refractivity contribution in [3.8, 4) is 0 Å². The van der Waals surface area contributed by atoms with Gasteiger partial charge < -0.3 is 10.5 Å². The number of unbranched alkanes of at least 4 members (excludes halogenated alkanes) is 1. The van der Waals surface area contributed by atoms with E-state index in [0.29, 0.717) is 0 Å². The summed E-state index contributed by atoms with van der Waals surface area (Å²) in [5.74, 6) is 0. The van der Waals surface area contributed by atoms with Gasteiger partial charge in [0.2, 0.25) is 0 Å². The molecule has 2 N–H and O–H groups in total. The van der Waals surface area contributed by atoms with Crippen LogP contribution in [0.25, 0.3) is 0 Å². The van der Waals surface area contributed by atoms with Crippen LogP contribution in [0.1, 0.15) is 36.9 Å². The maximum atomic E-state index is 11.2. The van der Waals surface area contributed by atoms with E-state index < -0.39 is 0 Å². The third-order valence-electron chi connectivity index (χ3n) is 3.22. The average molecular weight is 218 g/mol. The van der Waals surface area contributed by atoms with Crippen molar-refractivity contribution in [1.82, 2.24) is 4.90 Å². The van der Waals surface area contributed by atoms with Crippen molar-refractivity contribution in [2.24, 2.45) is 0 Å². The molecule has 2 rings (SSSR count). The molecule has 1 atom stereocenters. The van der Waals surface area contributed by atoms with E-state index in [2.05, 4.69) is 17.9 Å². The topological polar surface area (TPSA) is 46.3 Å². The zero-order valence-corrected chi connectivity index (χ0v) is 9.65. The van der Waals surface area contributed by atoms with Gasteiger partial charge in [-0.2, -0.15) is 0 Å². The Morgan fingerprint density at radius 2 is 2.38 bits per heavy atom. The molecule has 0 bridgehead atoms. The fourth-order valence-electron chi connectivity index (χ4n) is 2.36. The van der Waals surface area contributed by atoms with Crippen molar-refractivity contribution in [3.05, 3.63) is 29.3 Å². The first-order valence-corrected chi connectivity index (χ1v) is 5.84. The minimum Gasteiger partial charge on any atom is -0.398 e. The first-order chi connectivity index (χ1) is 7.77. The maximum Gasteiger partial charge on any atom is 0.141 e.